The molecule has 2 nitrogen and oxygen atoms in total. The molecule has 0 aromatic rings. The highest BCUT2D eigenvalue weighted by molar-refractivity contribution is 4.82. The van der Waals surface area contributed by atoms with Crippen LogP contribution in [0.4, 0.5) is 0 Å². The molecule has 0 aromatic heterocycles. The van der Waals surface area contributed by atoms with Crippen LogP contribution in [0.15, 0.2) is 12.7 Å². The Labute approximate surface area is 68.6 Å². The fourth-order valence-corrected chi connectivity index (χ4v) is 1.03. The molecule has 0 spiro atoms. The fourth-order valence-electron chi connectivity index (χ4n) is 1.03. The van der Waals surface area contributed by atoms with Crippen molar-refractivity contribution in [2.24, 2.45) is 0 Å². The first-order valence-corrected chi connectivity index (χ1v) is 4.06. The summed E-state index contributed by atoms with van der Waals surface area (Å²) in [4.78, 5) is 0. The molecule has 0 unspecified atom stereocenters. The van der Waals surface area contributed by atoms with Crippen LogP contribution in [0.2, 0.25) is 0 Å². The maximum absolute atomic E-state index is 9.59. The normalized spacial score (nSPS) is 15.9. The van der Waals surface area contributed by atoms with Gasteiger partial charge in [0.05, 0.1) is 5.60 Å². The molecule has 1 atom stereocenters. The highest BCUT2D eigenvalue weighted by atomic mass is 16.3. The highest BCUT2D eigenvalue weighted by Crippen LogP contribution is 2.17. The smallest absolute Gasteiger partial charge is 0.0654 e. The lowest BCUT2D eigenvalue weighted by atomic mass is 9.95. The van der Waals surface area contributed by atoms with Crippen LogP contribution in [0, 0.1) is 0 Å². The highest BCUT2D eigenvalue weighted by Gasteiger charge is 2.16. The molecule has 0 amide bonds. The minimum atomic E-state index is -0.628. The second-order valence-corrected chi connectivity index (χ2v) is 3.17. The first-order valence-electron chi connectivity index (χ1n) is 4.06. The summed E-state index contributed by atoms with van der Waals surface area (Å²) in [5, 5.41) is 18.1. The molecular weight excluding hydrogens is 140 g/mol. The zero-order chi connectivity index (χ0) is 8.74. The van der Waals surface area contributed by atoms with Crippen molar-refractivity contribution in [3.05, 3.63) is 12.7 Å². The Bertz CT molecular complexity index is 108. The van der Waals surface area contributed by atoms with Gasteiger partial charge in [-0.15, -0.1) is 6.58 Å². The molecule has 0 aromatic carbocycles. The summed E-state index contributed by atoms with van der Waals surface area (Å²) in [7, 11) is 0. The van der Waals surface area contributed by atoms with Gasteiger partial charge in [-0.05, 0) is 32.6 Å². The van der Waals surface area contributed by atoms with E-state index in [9.17, 15) is 5.11 Å². The monoisotopic (exact) mass is 158 g/mol. The van der Waals surface area contributed by atoms with Gasteiger partial charge in [-0.3, -0.25) is 0 Å². The number of hydrogen-bond donors (Lipinski definition) is 2. The second kappa shape index (κ2) is 5.33. The second-order valence-electron chi connectivity index (χ2n) is 3.17. The Balaban J connectivity index is 3.45. The summed E-state index contributed by atoms with van der Waals surface area (Å²) >= 11 is 0. The van der Waals surface area contributed by atoms with Gasteiger partial charge in [-0.2, -0.15) is 0 Å². The average Bonchev–Trinajstić information content (AvgIpc) is 1.87. The Kier molecular flexibility index (Phi) is 5.16. The number of unbranched alkanes of at least 4 members (excludes halogenated alkanes) is 1. The average molecular weight is 158 g/mol. The van der Waals surface area contributed by atoms with Crippen LogP contribution in [0.1, 0.15) is 32.6 Å². The predicted molar refractivity (Wildman–Crippen MR) is 46.4 cm³/mol. The van der Waals surface area contributed by atoms with Crippen molar-refractivity contribution >= 4 is 0 Å². The number of hydrogen-bond acceptors (Lipinski definition) is 2. The minimum Gasteiger partial charge on any atom is -0.396 e. The minimum absolute atomic E-state index is 0.212. The van der Waals surface area contributed by atoms with Crippen molar-refractivity contribution in [2.75, 3.05) is 6.61 Å². The van der Waals surface area contributed by atoms with Gasteiger partial charge in [-0.1, -0.05) is 6.08 Å². The fraction of sp³-hybridized carbons (Fsp3) is 0.778. The molecule has 0 aliphatic carbocycles. The molecule has 0 aliphatic heterocycles. The molecule has 2 N–H and O–H groups in total. The maximum Gasteiger partial charge on any atom is 0.0654 e. The van der Waals surface area contributed by atoms with E-state index in [0.29, 0.717) is 6.42 Å². The molecule has 0 fully saturated rings. The predicted octanol–water partition coefficient (Wildman–Crippen LogP) is 1.48. The first kappa shape index (κ1) is 10.7. The maximum atomic E-state index is 9.59. The van der Waals surface area contributed by atoms with E-state index in [4.69, 9.17) is 5.11 Å². The van der Waals surface area contributed by atoms with E-state index in [1.807, 2.05) is 0 Å². The van der Waals surface area contributed by atoms with Gasteiger partial charge in [0.15, 0.2) is 0 Å². The summed E-state index contributed by atoms with van der Waals surface area (Å²) < 4.78 is 0. The van der Waals surface area contributed by atoms with E-state index in [-0.39, 0.29) is 6.61 Å². The molecule has 0 radical (unpaired) electrons. The molecule has 0 saturated carbocycles. The van der Waals surface area contributed by atoms with Crippen LogP contribution in [0.25, 0.3) is 0 Å². The van der Waals surface area contributed by atoms with Crippen molar-refractivity contribution in [1.82, 2.24) is 0 Å². The van der Waals surface area contributed by atoms with Crippen molar-refractivity contribution in [2.45, 2.75) is 38.2 Å². The Morgan fingerprint density at radius 2 is 2.09 bits per heavy atom. The van der Waals surface area contributed by atoms with E-state index in [0.717, 1.165) is 19.3 Å². The summed E-state index contributed by atoms with van der Waals surface area (Å²) in [5.41, 5.74) is -0.628. The zero-order valence-electron chi connectivity index (χ0n) is 7.21. The van der Waals surface area contributed by atoms with Crippen molar-refractivity contribution < 1.29 is 10.2 Å². The topological polar surface area (TPSA) is 40.5 Å². The quantitative estimate of drug-likeness (QED) is 0.454. The van der Waals surface area contributed by atoms with Gasteiger partial charge in [0, 0.05) is 6.61 Å². The van der Waals surface area contributed by atoms with Crippen molar-refractivity contribution in [1.29, 1.82) is 0 Å². The first-order chi connectivity index (χ1) is 5.12. The van der Waals surface area contributed by atoms with E-state index in [1.165, 1.54) is 0 Å². The molecule has 0 aliphatic rings. The van der Waals surface area contributed by atoms with Crippen LogP contribution in [0.3, 0.4) is 0 Å². The van der Waals surface area contributed by atoms with E-state index >= 15 is 0 Å². The standard InChI is InChI=1S/C9H18O2/c1-3-6-9(2,11)7-4-5-8-10/h3,10-11H,1,4-8H2,2H3/t9-/m0/s1. The SMILES string of the molecule is C=CC[C@](C)(O)CCCCO. The molecule has 2 heteroatoms. The van der Waals surface area contributed by atoms with E-state index in [2.05, 4.69) is 6.58 Å². The molecule has 0 saturated heterocycles. The number of rotatable bonds is 6. The lowest BCUT2D eigenvalue weighted by Crippen LogP contribution is -2.22. The van der Waals surface area contributed by atoms with Crippen molar-refractivity contribution in [3.8, 4) is 0 Å². The zero-order valence-corrected chi connectivity index (χ0v) is 7.21. The molecule has 11 heavy (non-hydrogen) atoms. The Hall–Kier alpha value is -0.340. The largest absolute Gasteiger partial charge is 0.396 e. The Morgan fingerprint density at radius 3 is 2.55 bits per heavy atom. The molecule has 0 bridgehead atoms. The third-order valence-electron chi connectivity index (χ3n) is 1.71. The third kappa shape index (κ3) is 6.07. The third-order valence-corrected chi connectivity index (χ3v) is 1.71. The molecular formula is C9H18O2. The van der Waals surface area contributed by atoms with Crippen LogP contribution >= 0.6 is 0 Å². The van der Waals surface area contributed by atoms with Gasteiger partial charge in [0.1, 0.15) is 0 Å². The summed E-state index contributed by atoms with van der Waals surface area (Å²) in [6.45, 7) is 5.57. The Morgan fingerprint density at radius 1 is 1.45 bits per heavy atom. The lowest BCUT2D eigenvalue weighted by Gasteiger charge is -2.20. The van der Waals surface area contributed by atoms with Crippen LogP contribution in [-0.2, 0) is 0 Å². The molecule has 66 valence electrons. The summed E-state index contributed by atoms with van der Waals surface area (Å²) in [5.74, 6) is 0. The van der Waals surface area contributed by atoms with Gasteiger partial charge in [0.2, 0.25) is 0 Å². The summed E-state index contributed by atoms with van der Waals surface area (Å²) in [6.07, 6.45) is 4.72. The van der Waals surface area contributed by atoms with Gasteiger partial charge in [-0.25, -0.2) is 0 Å². The lowest BCUT2D eigenvalue weighted by molar-refractivity contribution is 0.0501. The van der Waals surface area contributed by atoms with Crippen molar-refractivity contribution in [3.63, 3.8) is 0 Å². The molecule has 0 rings (SSSR count). The van der Waals surface area contributed by atoms with Gasteiger partial charge < -0.3 is 10.2 Å². The van der Waals surface area contributed by atoms with Crippen LogP contribution in [-0.4, -0.2) is 22.4 Å². The number of aliphatic hydroxyl groups is 2. The van der Waals surface area contributed by atoms with Crippen LogP contribution < -0.4 is 0 Å². The molecule has 0 heterocycles. The number of aliphatic hydroxyl groups excluding tert-OH is 1. The van der Waals surface area contributed by atoms with Gasteiger partial charge in [0.25, 0.3) is 0 Å². The van der Waals surface area contributed by atoms with Gasteiger partial charge >= 0.3 is 0 Å². The summed E-state index contributed by atoms with van der Waals surface area (Å²) in [6, 6.07) is 0. The van der Waals surface area contributed by atoms with Crippen LogP contribution in [0.5, 0.6) is 0 Å². The van der Waals surface area contributed by atoms with E-state index < -0.39 is 5.60 Å². The van der Waals surface area contributed by atoms with E-state index in [1.54, 1.807) is 13.0 Å².